The zero-order valence-electron chi connectivity index (χ0n) is 34.7. The lowest BCUT2D eigenvalue weighted by molar-refractivity contribution is 0.165. The Morgan fingerprint density at radius 2 is 0.738 bits per heavy atom. The molecule has 0 aliphatic heterocycles. The van der Waals surface area contributed by atoms with E-state index in [0.29, 0.717) is 23.7 Å². The van der Waals surface area contributed by atoms with Crippen molar-refractivity contribution in [1.29, 1.82) is 0 Å². The number of hydrogen-bond donors (Lipinski definition) is 0. The van der Waals surface area contributed by atoms with Crippen LogP contribution in [0, 0.1) is 23.7 Å². The highest BCUT2D eigenvalue weighted by atomic mass is 15.0. The predicted octanol–water partition coefficient (Wildman–Crippen LogP) is 15.1. The highest BCUT2D eigenvalue weighted by molar-refractivity contribution is 6.32. The Morgan fingerprint density at radius 3 is 1.16 bits per heavy atom. The predicted molar refractivity (Wildman–Crippen MR) is 250 cm³/mol. The van der Waals surface area contributed by atoms with Crippen molar-refractivity contribution in [2.45, 2.75) is 87.9 Å². The van der Waals surface area contributed by atoms with Crippen molar-refractivity contribution in [3.8, 4) is 44.5 Å². The van der Waals surface area contributed by atoms with Gasteiger partial charge in [-0.15, -0.1) is 0 Å². The average Bonchev–Trinajstić information content (AvgIpc) is 3.70. The summed E-state index contributed by atoms with van der Waals surface area (Å²) in [5, 5.41) is 5.86. The molecule has 3 nitrogen and oxygen atoms in total. The van der Waals surface area contributed by atoms with Gasteiger partial charge in [-0.2, -0.15) is 0 Å². The zero-order chi connectivity index (χ0) is 39.5. The molecule has 4 atom stereocenters. The molecule has 4 saturated carbocycles. The van der Waals surface area contributed by atoms with E-state index in [1.165, 1.54) is 158 Å². The van der Waals surface area contributed by atoms with Crippen molar-refractivity contribution in [2.75, 3.05) is 0 Å². The van der Waals surface area contributed by atoms with Crippen LogP contribution in [-0.4, -0.2) is 14.4 Å². The van der Waals surface area contributed by atoms with E-state index < -0.39 is 0 Å². The second-order valence-electron chi connectivity index (χ2n) is 20.5. The third-order valence-electron chi connectivity index (χ3n) is 17.2. The largest absolute Gasteiger partial charge is 0.305 e. The van der Waals surface area contributed by atoms with Crippen LogP contribution in [0.15, 0.2) is 128 Å². The quantitative estimate of drug-likeness (QED) is 0.178. The van der Waals surface area contributed by atoms with Crippen molar-refractivity contribution in [1.82, 2.24) is 14.4 Å². The van der Waals surface area contributed by atoms with Crippen molar-refractivity contribution < 1.29 is 0 Å². The number of nitrogens with zero attached hydrogens (tertiary/aromatic N) is 3. The van der Waals surface area contributed by atoms with E-state index in [1.807, 2.05) is 0 Å². The van der Waals surface area contributed by atoms with Gasteiger partial charge >= 0.3 is 0 Å². The summed E-state index contributed by atoms with van der Waals surface area (Å²) >= 11 is 0. The molecule has 9 aromatic rings. The summed E-state index contributed by atoms with van der Waals surface area (Å²) in [6, 6.07) is 43.4. The molecule has 5 aromatic carbocycles. The molecular formula is C58H49N3. The zero-order valence-corrected chi connectivity index (χ0v) is 34.7. The Bertz CT molecular complexity index is 3030. The van der Waals surface area contributed by atoms with Crippen LogP contribution in [0.1, 0.15) is 110 Å². The topological polar surface area (TPSA) is 30.2 Å². The lowest BCUT2D eigenvalue weighted by Crippen LogP contribution is -2.25. The first-order valence-corrected chi connectivity index (χ1v) is 23.6. The Balaban J connectivity index is 1.17. The highest BCUT2D eigenvalue weighted by Crippen LogP contribution is 2.62. The van der Waals surface area contributed by atoms with Crippen LogP contribution >= 0.6 is 0 Å². The number of pyridine rings is 2. The maximum atomic E-state index is 5.64. The number of fused-ring (bicyclic) bond motifs is 6. The summed E-state index contributed by atoms with van der Waals surface area (Å²) in [4.78, 5) is 11.3. The second-order valence-corrected chi connectivity index (χ2v) is 20.5. The molecule has 0 N–H and O–H groups in total. The summed E-state index contributed by atoms with van der Waals surface area (Å²) < 4.78 is 2.70. The molecule has 4 heterocycles. The lowest BCUT2D eigenvalue weighted by atomic mass is 9.67. The van der Waals surface area contributed by atoms with Crippen molar-refractivity contribution in [3.63, 3.8) is 0 Å². The summed E-state index contributed by atoms with van der Waals surface area (Å²) in [6.07, 6.45) is 18.0. The van der Waals surface area contributed by atoms with Gasteiger partial charge in [0.25, 0.3) is 0 Å². The molecule has 4 unspecified atom stereocenters. The van der Waals surface area contributed by atoms with E-state index in [1.54, 1.807) is 11.1 Å². The Kier molecular flexibility index (Phi) is 6.89. The van der Waals surface area contributed by atoms with Crippen LogP contribution in [0.3, 0.4) is 0 Å². The van der Waals surface area contributed by atoms with E-state index in [4.69, 9.17) is 9.97 Å². The van der Waals surface area contributed by atoms with E-state index >= 15 is 0 Å². The molecular weight excluding hydrogens is 739 g/mol. The number of benzene rings is 5. The Morgan fingerprint density at radius 1 is 0.361 bits per heavy atom. The number of aromatic nitrogens is 3. The van der Waals surface area contributed by atoms with Gasteiger partial charge < -0.3 is 4.40 Å². The highest BCUT2D eigenvalue weighted by Gasteiger charge is 2.46. The number of hydrogen-bond acceptors (Lipinski definition) is 2. The molecule has 0 spiro atoms. The van der Waals surface area contributed by atoms with Crippen LogP contribution in [0.5, 0.6) is 0 Å². The van der Waals surface area contributed by atoms with Gasteiger partial charge in [0.05, 0.1) is 28.9 Å². The van der Waals surface area contributed by atoms with Crippen LogP contribution in [0.25, 0.3) is 82.6 Å². The van der Waals surface area contributed by atoms with Crippen LogP contribution < -0.4 is 0 Å². The fourth-order valence-electron chi connectivity index (χ4n) is 15.4. The minimum atomic E-state index is 0.565. The third kappa shape index (κ3) is 4.65. The van der Waals surface area contributed by atoms with Gasteiger partial charge in [-0.05, 0) is 161 Å². The molecule has 0 radical (unpaired) electrons. The van der Waals surface area contributed by atoms with Gasteiger partial charge in [0.2, 0.25) is 0 Å². The van der Waals surface area contributed by atoms with Gasteiger partial charge in [0, 0.05) is 44.8 Å². The van der Waals surface area contributed by atoms with E-state index in [2.05, 4.69) is 132 Å². The molecule has 8 aliphatic carbocycles. The molecule has 296 valence electrons. The molecule has 8 bridgehead atoms. The molecule has 0 amide bonds. The maximum absolute atomic E-state index is 5.64. The van der Waals surface area contributed by atoms with E-state index in [-0.39, 0.29) is 0 Å². The average molecular weight is 788 g/mol. The fraction of sp³-hybridized carbons (Fsp3) is 0.310. The van der Waals surface area contributed by atoms with Crippen LogP contribution in [0.2, 0.25) is 0 Å². The standard InChI is InChI=1S/C58H49N3/c1-3-11-36(12-4-1)42-15-7-9-17-44(42)46-29-47(45-18-10-8-16-43(45)37-13-5-2-6-14-37)53-55-49(31-60-57-41-27-34-20-35(28-41)24-39(23-34)51(55)57)61-48-30-59-56-40-25-32-19-33(26-40)22-38(21-32)50(56)54(48)52(46)58(53)61/h1-18,29-35,38-41H,19-28H2. The summed E-state index contributed by atoms with van der Waals surface area (Å²) in [6.45, 7) is 0. The van der Waals surface area contributed by atoms with Crippen molar-refractivity contribution >= 4 is 38.1 Å². The molecule has 17 rings (SSSR count). The molecule has 4 aromatic heterocycles. The normalized spacial score (nSPS) is 27.0. The van der Waals surface area contributed by atoms with Crippen LogP contribution in [-0.2, 0) is 0 Å². The summed E-state index contributed by atoms with van der Waals surface area (Å²) in [5.41, 5.74) is 20.5. The van der Waals surface area contributed by atoms with E-state index in [9.17, 15) is 0 Å². The first-order chi connectivity index (χ1) is 30.2. The first-order valence-electron chi connectivity index (χ1n) is 23.6. The third-order valence-corrected chi connectivity index (χ3v) is 17.2. The molecule has 8 aliphatic rings. The lowest BCUT2D eigenvalue weighted by Gasteiger charge is -2.38. The Hall–Kier alpha value is -5.80. The van der Waals surface area contributed by atoms with Gasteiger partial charge in [-0.3, -0.25) is 9.97 Å². The minimum Gasteiger partial charge on any atom is -0.305 e. The van der Waals surface area contributed by atoms with E-state index in [0.717, 1.165) is 23.7 Å². The monoisotopic (exact) mass is 787 g/mol. The Labute approximate surface area is 357 Å². The molecule has 61 heavy (non-hydrogen) atoms. The van der Waals surface area contributed by atoms with Gasteiger partial charge in [-0.25, -0.2) is 0 Å². The summed E-state index contributed by atoms with van der Waals surface area (Å²) in [7, 11) is 0. The van der Waals surface area contributed by atoms with Gasteiger partial charge in [-0.1, -0.05) is 109 Å². The maximum Gasteiger partial charge on any atom is 0.0728 e. The second kappa shape index (κ2) is 12.4. The van der Waals surface area contributed by atoms with Crippen molar-refractivity contribution in [3.05, 3.63) is 150 Å². The van der Waals surface area contributed by atoms with Gasteiger partial charge in [0.15, 0.2) is 0 Å². The smallest absolute Gasteiger partial charge is 0.0728 e. The molecule has 0 saturated heterocycles. The van der Waals surface area contributed by atoms with Gasteiger partial charge in [0.1, 0.15) is 0 Å². The molecule has 3 heteroatoms. The van der Waals surface area contributed by atoms with Crippen LogP contribution in [0.4, 0.5) is 0 Å². The minimum absolute atomic E-state index is 0.565. The summed E-state index contributed by atoms with van der Waals surface area (Å²) in [5.74, 6) is 5.59. The fourth-order valence-corrected chi connectivity index (χ4v) is 15.4. The van der Waals surface area contributed by atoms with Crippen molar-refractivity contribution in [2.24, 2.45) is 23.7 Å². The first kappa shape index (κ1) is 33.9. The SMILES string of the molecule is c1ccc(-c2ccccc2-c2cc(-c3ccccc3-c3ccccc3)c3c4c5c(ncc4n4c6cnc7c(c6c2c34)C2CC3CC(CC7C3)C2)C2CC3CC(C2)CC5C3)cc1. The number of rotatable bonds is 4. The molecule has 4 fully saturated rings.